The Morgan fingerprint density at radius 3 is 2.19 bits per heavy atom. The summed E-state index contributed by atoms with van der Waals surface area (Å²) < 4.78 is 6.72. The number of rotatable bonds is 8. The van der Waals surface area contributed by atoms with Crippen LogP contribution in [0.2, 0.25) is 0 Å². The number of hydrogen-bond donors (Lipinski definition) is 3. The zero-order chi connectivity index (χ0) is 21.9. The Balaban J connectivity index is 0.000000176. The fourth-order valence-electron chi connectivity index (χ4n) is 3.00. The molecule has 0 atom stereocenters. The Morgan fingerprint density at radius 1 is 0.839 bits per heavy atom. The van der Waals surface area contributed by atoms with E-state index in [9.17, 15) is 5.11 Å². The van der Waals surface area contributed by atoms with Crippen LogP contribution in [0.1, 0.15) is 26.2 Å². The van der Waals surface area contributed by atoms with Crippen molar-refractivity contribution in [3.8, 4) is 27.7 Å². The zero-order valence-corrected chi connectivity index (χ0v) is 18.6. The molecule has 0 bridgehead atoms. The number of ether oxygens (including phenoxy) is 1. The highest BCUT2D eigenvalue weighted by atomic mass is 32.1. The summed E-state index contributed by atoms with van der Waals surface area (Å²) >= 11 is 1.77. The van der Waals surface area contributed by atoms with Crippen molar-refractivity contribution < 1.29 is 14.9 Å². The van der Waals surface area contributed by atoms with E-state index >= 15 is 0 Å². The smallest absolute Gasteiger partial charge is 0.139 e. The number of thiophene rings is 1. The molecule has 3 N–H and O–H groups in total. The second kappa shape index (κ2) is 12.0. The molecule has 0 saturated carbocycles. The number of phenols is 2. The lowest BCUT2D eigenvalue weighted by Gasteiger charge is -2.07. The first-order valence-corrected chi connectivity index (χ1v) is 11.4. The predicted octanol–water partition coefficient (Wildman–Crippen LogP) is 6.78. The van der Waals surface area contributed by atoms with Gasteiger partial charge in [0.15, 0.2) is 0 Å². The molecule has 162 valence electrons. The van der Waals surface area contributed by atoms with Crippen molar-refractivity contribution in [1.82, 2.24) is 5.32 Å². The van der Waals surface area contributed by atoms with Crippen LogP contribution < -0.4 is 10.1 Å². The highest BCUT2D eigenvalue weighted by Crippen LogP contribution is 2.33. The average molecular weight is 436 g/mol. The van der Waals surface area contributed by atoms with Crippen molar-refractivity contribution in [2.45, 2.75) is 26.2 Å². The Hall–Kier alpha value is -3.02. The molecule has 4 rings (SSSR count). The Kier molecular flexibility index (Phi) is 8.76. The molecule has 0 aliphatic rings. The van der Waals surface area contributed by atoms with Gasteiger partial charge >= 0.3 is 0 Å². The zero-order valence-electron chi connectivity index (χ0n) is 17.8. The van der Waals surface area contributed by atoms with Gasteiger partial charge in [-0.15, -0.1) is 11.3 Å². The van der Waals surface area contributed by atoms with E-state index in [0.717, 1.165) is 17.9 Å². The van der Waals surface area contributed by atoms with Crippen LogP contribution in [0, 0.1) is 0 Å². The molecule has 0 saturated heterocycles. The Labute approximate surface area is 187 Å². The van der Waals surface area contributed by atoms with Crippen LogP contribution in [-0.2, 0) is 0 Å². The number of fused-ring (bicyclic) bond motifs is 1. The lowest BCUT2D eigenvalue weighted by Crippen LogP contribution is -2.21. The number of aromatic hydroxyl groups is 2. The van der Waals surface area contributed by atoms with Crippen molar-refractivity contribution in [1.29, 1.82) is 0 Å². The third-order valence-electron chi connectivity index (χ3n) is 4.71. The second-order valence-corrected chi connectivity index (χ2v) is 8.27. The third kappa shape index (κ3) is 7.31. The van der Waals surface area contributed by atoms with Gasteiger partial charge in [0.1, 0.15) is 24.0 Å². The fourth-order valence-corrected chi connectivity index (χ4v) is 4.07. The second-order valence-electron chi connectivity index (χ2n) is 7.19. The highest BCUT2D eigenvalue weighted by molar-refractivity contribution is 7.22. The summed E-state index contributed by atoms with van der Waals surface area (Å²) in [7, 11) is 0. The largest absolute Gasteiger partial charge is 0.508 e. The van der Waals surface area contributed by atoms with Gasteiger partial charge in [0, 0.05) is 9.58 Å². The minimum Gasteiger partial charge on any atom is -0.508 e. The van der Waals surface area contributed by atoms with Crippen LogP contribution in [0.3, 0.4) is 0 Å². The van der Waals surface area contributed by atoms with E-state index in [1.165, 1.54) is 34.2 Å². The molecule has 0 radical (unpaired) electrons. The maximum atomic E-state index is 9.25. The fraction of sp³-hybridized carbons (Fsp3) is 0.231. The summed E-state index contributed by atoms with van der Waals surface area (Å²) in [6.45, 7) is 3.70. The molecule has 0 aliphatic carbocycles. The molecular weight excluding hydrogens is 406 g/mol. The van der Waals surface area contributed by atoms with Crippen LogP contribution in [-0.4, -0.2) is 23.5 Å². The molecule has 4 aromatic rings. The molecule has 1 aromatic heterocycles. The van der Waals surface area contributed by atoms with Gasteiger partial charge in [0.05, 0.1) is 0 Å². The maximum Gasteiger partial charge on any atom is 0.139 e. The van der Waals surface area contributed by atoms with Crippen LogP contribution in [0.4, 0.5) is 0 Å². The van der Waals surface area contributed by atoms with Crippen molar-refractivity contribution in [2.24, 2.45) is 0 Å². The molecule has 0 fully saturated rings. The number of phenolic OH excluding ortho intramolecular Hbond substituents is 2. The van der Waals surface area contributed by atoms with Gasteiger partial charge < -0.3 is 14.9 Å². The van der Waals surface area contributed by atoms with Crippen molar-refractivity contribution >= 4 is 21.4 Å². The maximum absolute atomic E-state index is 9.25. The molecular formula is C26H29NO3S. The third-order valence-corrected chi connectivity index (χ3v) is 5.88. The van der Waals surface area contributed by atoms with Gasteiger partial charge in [-0.3, -0.25) is 5.32 Å². The first-order valence-electron chi connectivity index (χ1n) is 10.6. The average Bonchev–Trinajstić information content (AvgIpc) is 3.23. The lowest BCUT2D eigenvalue weighted by atomic mass is 10.1. The predicted molar refractivity (Wildman–Crippen MR) is 130 cm³/mol. The minimum absolute atomic E-state index is 0.262. The normalized spacial score (nSPS) is 10.5. The SMILES string of the molecule is CCCCCNCOc1ccc(O)cc1.Oc1ccc(-c2cc3ccccc3s2)cc1. The molecule has 0 spiro atoms. The molecule has 5 heteroatoms. The standard InChI is InChI=1S/C14H10OS.C12H19NO2/c15-12-7-5-10(6-8-12)14-9-11-3-1-2-4-13(11)16-14;1-2-3-4-9-13-10-15-12-7-5-11(14)6-8-12/h1-9,15H;5-8,13-14H,2-4,9-10H2,1H3. The summed E-state index contributed by atoms with van der Waals surface area (Å²) in [6, 6.07) is 24.6. The quantitative estimate of drug-likeness (QED) is 0.211. The molecule has 0 unspecified atom stereocenters. The Bertz CT molecular complexity index is 1010. The highest BCUT2D eigenvalue weighted by Gasteiger charge is 2.03. The summed E-state index contributed by atoms with van der Waals surface area (Å²) in [6.07, 6.45) is 3.68. The summed E-state index contributed by atoms with van der Waals surface area (Å²) in [4.78, 5) is 1.24. The van der Waals surface area contributed by atoms with E-state index in [2.05, 4.69) is 42.6 Å². The summed E-state index contributed by atoms with van der Waals surface area (Å²) in [5.74, 6) is 1.35. The topological polar surface area (TPSA) is 61.7 Å². The van der Waals surface area contributed by atoms with Crippen molar-refractivity contribution in [3.05, 3.63) is 78.9 Å². The van der Waals surface area contributed by atoms with Crippen LogP contribution in [0.5, 0.6) is 17.2 Å². The van der Waals surface area contributed by atoms with E-state index in [-0.39, 0.29) is 5.75 Å². The van der Waals surface area contributed by atoms with Crippen LogP contribution >= 0.6 is 11.3 Å². The molecule has 3 aromatic carbocycles. The summed E-state index contributed by atoms with van der Waals surface area (Å²) in [5, 5.41) is 22.8. The van der Waals surface area contributed by atoms with Gasteiger partial charge in [-0.25, -0.2) is 0 Å². The molecule has 0 aliphatic heterocycles. The monoisotopic (exact) mass is 435 g/mol. The minimum atomic E-state index is 0.262. The number of benzene rings is 3. The van der Waals surface area contributed by atoms with Crippen molar-refractivity contribution in [3.63, 3.8) is 0 Å². The van der Waals surface area contributed by atoms with Crippen LogP contribution in [0.15, 0.2) is 78.9 Å². The summed E-state index contributed by atoms with van der Waals surface area (Å²) in [5.41, 5.74) is 1.15. The van der Waals surface area contributed by atoms with Gasteiger partial charge in [0.2, 0.25) is 0 Å². The van der Waals surface area contributed by atoms with Gasteiger partial charge in [-0.05, 0) is 84.6 Å². The van der Waals surface area contributed by atoms with E-state index < -0.39 is 0 Å². The van der Waals surface area contributed by atoms with E-state index in [1.807, 2.05) is 12.1 Å². The number of hydrogen-bond acceptors (Lipinski definition) is 5. The molecule has 0 amide bonds. The molecule has 31 heavy (non-hydrogen) atoms. The van der Waals surface area contributed by atoms with Gasteiger partial charge in [0.25, 0.3) is 0 Å². The Morgan fingerprint density at radius 2 is 1.52 bits per heavy atom. The molecule has 4 nitrogen and oxygen atoms in total. The number of nitrogens with one attached hydrogen (secondary N) is 1. The molecule has 1 heterocycles. The van der Waals surface area contributed by atoms with E-state index in [1.54, 1.807) is 47.7 Å². The first-order chi connectivity index (χ1) is 15.2. The van der Waals surface area contributed by atoms with Crippen LogP contribution in [0.25, 0.3) is 20.5 Å². The van der Waals surface area contributed by atoms with Crippen molar-refractivity contribution in [2.75, 3.05) is 13.3 Å². The van der Waals surface area contributed by atoms with Gasteiger partial charge in [-0.1, -0.05) is 38.0 Å². The van der Waals surface area contributed by atoms with Gasteiger partial charge in [-0.2, -0.15) is 0 Å². The van der Waals surface area contributed by atoms with E-state index in [4.69, 9.17) is 9.84 Å². The number of unbranched alkanes of at least 4 members (excludes halogenated alkanes) is 2. The van der Waals surface area contributed by atoms with E-state index in [0.29, 0.717) is 12.5 Å². The first kappa shape index (κ1) is 22.7. The lowest BCUT2D eigenvalue weighted by molar-refractivity contribution is 0.282.